The van der Waals surface area contributed by atoms with Gasteiger partial charge in [-0.3, -0.25) is 4.79 Å². The summed E-state index contributed by atoms with van der Waals surface area (Å²) < 4.78 is 16.4. The van der Waals surface area contributed by atoms with Crippen molar-refractivity contribution in [2.75, 3.05) is 14.2 Å². The van der Waals surface area contributed by atoms with Crippen LogP contribution in [-0.4, -0.2) is 20.5 Å². The Morgan fingerprint density at radius 3 is 2.36 bits per heavy atom. The number of hydrogen-bond donors (Lipinski definition) is 0. The fraction of sp³-hybridized carbons (Fsp3) is 0.190. The first-order valence-corrected chi connectivity index (χ1v) is 8.01. The summed E-state index contributed by atoms with van der Waals surface area (Å²) in [7, 11) is 3.21. The van der Waals surface area contributed by atoms with Crippen molar-refractivity contribution < 1.29 is 19.0 Å². The van der Waals surface area contributed by atoms with E-state index in [-0.39, 0.29) is 0 Å². The number of benzene rings is 3. The van der Waals surface area contributed by atoms with E-state index in [1.54, 1.807) is 14.2 Å². The zero-order valence-corrected chi connectivity index (χ0v) is 14.3. The third-order valence-corrected chi connectivity index (χ3v) is 4.18. The average molecular weight is 336 g/mol. The van der Waals surface area contributed by atoms with Gasteiger partial charge in [-0.05, 0) is 40.1 Å². The molecule has 0 fully saturated rings. The van der Waals surface area contributed by atoms with Gasteiger partial charge in [0, 0.05) is 0 Å². The highest BCUT2D eigenvalue weighted by Crippen LogP contribution is 2.30. The Balaban J connectivity index is 1.85. The minimum atomic E-state index is 0.331. The lowest BCUT2D eigenvalue weighted by atomic mass is 9.99. The molecular formula is C21H20O4. The van der Waals surface area contributed by atoms with Crippen molar-refractivity contribution in [1.29, 1.82) is 0 Å². The molecule has 3 aromatic rings. The molecular weight excluding hydrogens is 316 g/mol. The van der Waals surface area contributed by atoms with Crippen LogP contribution >= 0.6 is 0 Å². The fourth-order valence-electron chi connectivity index (χ4n) is 2.86. The lowest BCUT2D eigenvalue weighted by Crippen LogP contribution is -2.02. The molecule has 0 spiro atoms. The molecule has 0 unspecified atom stereocenters. The Morgan fingerprint density at radius 2 is 1.68 bits per heavy atom. The number of fused-ring (bicyclic) bond motifs is 1. The number of rotatable bonds is 7. The molecule has 25 heavy (non-hydrogen) atoms. The first kappa shape index (κ1) is 17.0. The van der Waals surface area contributed by atoms with E-state index in [9.17, 15) is 4.79 Å². The van der Waals surface area contributed by atoms with E-state index in [1.807, 2.05) is 54.6 Å². The predicted octanol–water partition coefficient (Wildman–Crippen LogP) is 4.39. The quantitative estimate of drug-likeness (QED) is 0.600. The van der Waals surface area contributed by atoms with Gasteiger partial charge in [-0.15, -0.1) is 0 Å². The fourth-order valence-corrected chi connectivity index (χ4v) is 2.86. The third kappa shape index (κ3) is 3.64. The first-order chi connectivity index (χ1) is 12.3. The summed E-state index contributed by atoms with van der Waals surface area (Å²) in [5, 5.41) is 2.02. The van der Waals surface area contributed by atoms with E-state index in [2.05, 4.69) is 0 Å². The summed E-state index contributed by atoms with van der Waals surface area (Å²) >= 11 is 0. The monoisotopic (exact) mass is 336 g/mol. The van der Waals surface area contributed by atoms with Gasteiger partial charge in [0.15, 0.2) is 6.29 Å². The Labute approximate surface area is 146 Å². The van der Waals surface area contributed by atoms with E-state index in [0.717, 1.165) is 33.9 Å². The van der Waals surface area contributed by atoms with Crippen LogP contribution in [0.25, 0.3) is 10.8 Å². The molecule has 0 amide bonds. The minimum Gasteiger partial charge on any atom is -0.497 e. The molecule has 0 aromatic heterocycles. The second kappa shape index (κ2) is 7.81. The smallest absolute Gasteiger partial charge is 0.154 e. The molecule has 4 nitrogen and oxygen atoms in total. The van der Waals surface area contributed by atoms with Gasteiger partial charge in [-0.2, -0.15) is 0 Å². The van der Waals surface area contributed by atoms with E-state index < -0.39 is 0 Å². The van der Waals surface area contributed by atoms with E-state index in [4.69, 9.17) is 14.2 Å². The molecule has 0 atom stereocenters. The number of carbonyl (C=O) groups is 1. The summed E-state index contributed by atoms with van der Waals surface area (Å²) in [6, 6.07) is 17.5. The number of aldehydes is 1. The van der Waals surface area contributed by atoms with Crippen molar-refractivity contribution in [3.63, 3.8) is 0 Å². The molecule has 0 aliphatic rings. The Morgan fingerprint density at radius 1 is 0.920 bits per heavy atom. The summed E-state index contributed by atoms with van der Waals surface area (Å²) in [5.41, 5.74) is 2.43. The summed E-state index contributed by atoms with van der Waals surface area (Å²) in [6.07, 6.45) is 0.831. The lowest BCUT2D eigenvalue weighted by molar-refractivity contribution is 0.104. The zero-order chi connectivity index (χ0) is 17.6. The molecule has 0 heterocycles. The average Bonchev–Trinajstić information content (AvgIpc) is 2.67. The number of hydrogen-bond acceptors (Lipinski definition) is 4. The van der Waals surface area contributed by atoms with Gasteiger partial charge in [-0.1, -0.05) is 36.4 Å². The second-order valence-electron chi connectivity index (χ2n) is 5.65. The first-order valence-electron chi connectivity index (χ1n) is 8.01. The Bertz CT molecular complexity index is 869. The van der Waals surface area contributed by atoms with Crippen LogP contribution in [0.4, 0.5) is 0 Å². The van der Waals surface area contributed by atoms with Gasteiger partial charge in [0.25, 0.3) is 0 Å². The summed E-state index contributed by atoms with van der Waals surface area (Å²) in [4.78, 5) is 11.6. The van der Waals surface area contributed by atoms with Crippen molar-refractivity contribution >= 4 is 17.1 Å². The summed E-state index contributed by atoms with van der Waals surface area (Å²) in [5.74, 6) is 1.38. The molecule has 0 radical (unpaired) electrons. The number of carbonyl (C=O) groups excluding carboxylic acids is 1. The molecule has 0 saturated carbocycles. The van der Waals surface area contributed by atoms with Crippen LogP contribution in [0.2, 0.25) is 0 Å². The Kier molecular flexibility index (Phi) is 5.31. The molecule has 4 heteroatoms. The molecule has 0 aliphatic carbocycles. The van der Waals surface area contributed by atoms with Crippen molar-refractivity contribution in [1.82, 2.24) is 0 Å². The second-order valence-corrected chi connectivity index (χ2v) is 5.65. The maximum Gasteiger partial charge on any atom is 0.154 e. The van der Waals surface area contributed by atoms with Crippen LogP contribution in [0, 0.1) is 0 Å². The molecule has 128 valence electrons. The largest absolute Gasteiger partial charge is 0.497 e. The zero-order valence-electron chi connectivity index (χ0n) is 14.3. The van der Waals surface area contributed by atoms with Crippen molar-refractivity contribution in [2.24, 2.45) is 0 Å². The SMILES string of the molecule is COc1ccc(COCc2c(C=O)c(OC)cc3ccccc23)cc1. The van der Waals surface area contributed by atoms with Gasteiger partial charge in [0.05, 0.1) is 33.0 Å². The molecule has 0 aliphatic heterocycles. The topological polar surface area (TPSA) is 44.8 Å². The number of ether oxygens (including phenoxy) is 3. The Hall–Kier alpha value is -2.85. The lowest BCUT2D eigenvalue weighted by Gasteiger charge is -2.14. The minimum absolute atomic E-state index is 0.331. The van der Waals surface area contributed by atoms with Crippen molar-refractivity contribution in [2.45, 2.75) is 13.2 Å². The van der Waals surface area contributed by atoms with Crippen LogP contribution in [0.3, 0.4) is 0 Å². The van der Waals surface area contributed by atoms with E-state index in [1.165, 1.54) is 0 Å². The highest BCUT2D eigenvalue weighted by atomic mass is 16.5. The van der Waals surface area contributed by atoms with Gasteiger partial charge in [0.2, 0.25) is 0 Å². The van der Waals surface area contributed by atoms with Crippen LogP contribution in [0.1, 0.15) is 21.5 Å². The van der Waals surface area contributed by atoms with Crippen LogP contribution < -0.4 is 9.47 Å². The molecule has 0 N–H and O–H groups in total. The van der Waals surface area contributed by atoms with Crippen LogP contribution in [-0.2, 0) is 18.0 Å². The number of methoxy groups -OCH3 is 2. The summed E-state index contributed by atoms with van der Waals surface area (Å²) in [6.45, 7) is 0.783. The standard InChI is InChI=1S/C21H20O4/c1-23-17-9-7-15(8-10-17)13-25-14-20-18-6-4-3-5-16(18)11-21(24-2)19(20)12-22/h3-12H,13-14H2,1-2H3. The van der Waals surface area contributed by atoms with Gasteiger partial charge in [0.1, 0.15) is 11.5 Å². The van der Waals surface area contributed by atoms with Crippen LogP contribution in [0.5, 0.6) is 11.5 Å². The third-order valence-electron chi connectivity index (χ3n) is 4.18. The molecule has 0 saturated heterocycles. The molecule has 3 rings (SSSR count). The molecule has 0 bridgehead atoms. The predicted molar refractivity (Wildman–Crippen MR) is 97.4 cm³/mol. The highest BCUT2D eigenvalue weighted by Gasteiger charge is 2.13. The van der Waals surface area contributed by atoms with Crippen molar-refractivity contribution in [3.8, 4) is 11.5 Å². The van der Waals surface area contributed by atoms with Gasteiger partial charge >= 0.3 is 0 Å². The van der Waals surface area contributed by atoms with E-state index in [0.29, 0.717) is 24.5 Å². The maximum atomic E-state index is 11.6. The maximum absolute atomic E-state index is 11.6. The highest BCUT2D eigenvalue weighted by molar-refractivity contribution is 5.96. The van der Waals surface area contributed by atoms with E-state index >= 15 is 0 Å². The van der Waals surface area contributed by atoms with Crippen molar-refractivity contribution in [3.05, 3.63) is 71.3 Å². The molecule has 3 aromatic carbocycles. The normalized spacial score (nSPS) is 10.6. The van der Waals surface area contributed by atoms with Crippen LogP contribution in [0.15, 0.2) is 54.6 Å². The van der Waals surface area contributed by atoms with Gasteiger partial charge in [-0.25, -0.2) is 0 Å². The van der Waals surface area contributed by atoms with Gasteiger partial charge < -0.3 is 14.2 Å².